The average molecular weight is 204 g/mol. The van der Waals surface area contributed by atoms with Crippen molar-refractivity contribution in [2.45, 2.75) is 6.42 Å². The summed E-state index contributed by atoms with van der Waals surface area (Å²) < 4.78 is 10.7. The lowest BCUT2D eigenvalue weighted by Gasteiger charge is -2.08. The first kappa shape index (κ1) is 9.94. The van der Waals surface area contributed by atoms with Gasteiger partial charge in [-0.25, -0.2) is 4.98 Å². The number of aromatic nitrogens is 1. The minimum Gasteiger partial charge on any atom is -0.477 e. The van der Waals surface area contributed by atoms with E-state index in [1.165, 1.54) is 6.20 Å². The maximum atomic E-state index is 8.58. The van der Waals surface area contributed by atoms with Crippen LogP contribution in [0.15, 0.2) is 18.3 Å². The molecule has 0 bridgehead atoms. The highest BCUT2D eigenvalue weighted by molar-refractivity contribution is 5.28. The minimum atomic E-state index is 0.474. The largest absolute Gasteiger partial charge is 0.477 e. The molecule has 0 saturated carbocycles. The molecule has 1 aliphatic heterocycles. The van der Waals surface area contributed by atoms with Crippen molar-refractivity contribution in [2.75, 3.05) is 19.8 Å². The van der Waals surface area contributed by atoms with E-state index in [0.717, 1.165) is 19.6 Å². The average Bonchev–Trinajstić information content (AvgIpc) is 2.80. The molecule has 1 unspecified atom stereocenters. The molecule has 2 heterocycles. The van der Waals surface area contributed by atoms with Gasteiger partial charge in [0.2, 0.25) is 5.88 Å². The van der Waals surface area contributed by atoms with Gasteiger partial charge in [0.15, 0.2) is 0 Å². The molecule has 2 rings (SSSR count). The lowest BCUT2D eigenvalue weighted by molar-refractivity contribution is 0.165. The molecule has 1 fully saturated rings. The third kappa shape index (κ3) is 2.67. The summed E-state index contributed by atoms with van der Waals surface area (Å²) in [4.78, 5) is 4.02. The van der Waals surface area contributed by atoms with E-state index < -0.39 is 0 Å². The predicted octanol–water partition coefficient (Wildman–Crippen LogP) is 1.37. The van der Waals surface area contributed by atoms with E-state index >= 15 is 0 Å². The van der Waals surface area contributed by atoms with E-state index in [9.17, 15) is 0 Å². The monoisotopic (exact) mass is 204 g/mol. The number of nitrogens with zero attached hydrogens (tertiary/aromatic N) is 2. The zero-order valence-corrected chi connectivity index (χ0v) is 8.35. The van der Waals surface area contributed by atoms with Crippen molar-refractivity contribution in [1.82, 2.24) is 4.98 Å². The summed E-state index contributed by atoms with van der Waals surface area (Å²) in [6.45, 7) is 2.24. The molecule has 0 spiro atoms. The molecule has 4 nitrogen and oxygen atoms in total. The van der Waals surface area contributed by atoms with Gasteiger partial charge in [0.1, 0.15) is 6.07 Å². The summed E-state index contributed by atoms with van der Waals surface area (Å²) in [7, 11) is 0. The Bertz CT molecular complexity index is 350. The fourth-order valence-electron chi connectivity index (χ4n) is 1.45. The topological polar surface area (TPSA) is 55.1 Å². The molecule has 0 aromatic carbocycles. The highest BCUT2D eigenvalue weighted by Gasteiger charge is 2.16. The van der Waals surface area contributed by atoms with E-state index in [2.05, 4.69) is 4.98 Å². The molecule has 4 heteroatoms. The first-order valence-corrected chi connectivity index (χ1v) is 4.95. The smallest absolute Gasteiger partial charge is 0.213 e. The highest BCUT2D eigenvalue weighted by Crippen LogP contribution is 2.14. The van der Waals surface area contributed by atoms with Crippen LogP contribution in [0.2, 0.25) is 0 Å². The number of pyridine rings is 1. The molecule has 1 saturated heterocycles. The Kier molecular flexibility index (Phi) is 3.15. The summed E-state index contributed by atoms with van der Waals surface area (Å²) in [6.07, 6.45) is 2.57. The maximum Gasteiger partial charge on any atom is 0.213 e. The van der Waals surface area contributed by atoms with E-state index in [4.69, 9.17) is 14.7 Å². The molecule has 1 aromatic heterocycles. The van der Waals surface area contributed by atoms with E-state index in [1.807, 2.05) is 6.07 Å². The molecule has 0 amide bonds. The van der Waals surface area contributed by atoms with Gasteiger partial charge < -0.3 is 9.47 Å². The molecule has 78 valence electrons. The second kappa shape index (κ2) is 4.76. The van der Waals surface area contributed by atoms with Gasteiger partial charge in [-0.3, -0.25) is 0 Å². The van der Waals surface area contributed by atoms with Gasteiger partial charge in [-0.2, -0.15) is 5.26 Å². The number of hydrogen-bond donors (Lipinski definition) is 0. The van der Waals surface area contributed by atoms with Crippen LogP contribution in [-0.4, -0.2) is 24.8 Å². The van der Waals surface area contributed by atoms with Crippen LogP contribution < -0.4 is 4.74 Å². The SMILES string of the molecule is N#Cc1ccc(OCC2CCOC2)nc1. The molecule has 0 aliphatic carbocycles. The van der Waals surface area contributed by atoms with Gasteiger partial charge in [0.05, 0.1) is 18.8 Å². The molecular formula is C11H12N2O2. The van der Waals surface area contributed by atoms with Crippen LogP contribution in [0.1, 0.15) is 12.0 Å². The van der Waals surface area contributed by atoms with Crippen LogP contribution in [-0.2, 0) is 4.74 Å². The Hall–Kier alpha value is -1.60. The Morgan fingerprint density at radius 2 is 2.53 bits per heavy atom. The Balaban J connectivity index is 1.85. The molecular weight excluding hydrogens is 192 g/mol. The summed E-state index contributed by atoms with van der Waals surface area (Å²) in [6, 6.07) is 5.43. The quantitative estimate of drug-likeness (QED) is 0.746. The van der Waals surface area contributed by atoms with Gasteiger partial charge in [0.25, 0.3) is 0 Å². The van der Waals surface area contributed by atoms with Crippen molar-refractivity contribution in [3.05, 3.63) is 23.9 Å². The van der Waals surface area contributed by atoms with Crippen molar-refractivity contribution >= 4 is 0 Å². The number of nitriles is 1. The Morgan fingerprint density at radius 3 is 3.13 bits per heavy atom. The third-order valence-electron chi connectivity index (χ3n) is 2.36. The Labute approximate surface area is 88.5 Å². The highest BCUT2D eigenvalue weighted by atomic mass is 16.5. The van der Waals surface area contributed by atoms with Crippen LogP contribution in [0.25, 0.3) is 0 Å². The van der Waals surface area contributed by atoms with Crippen LogP contribution >= 0.6 is 0 Å². The molecule has 15 heavy (non-hydrogen) atoms. The van der Waals surface area contributed by atoms with Gasteiger partial charge in [-0.15, -0.1) is 0 Å². The second-order valence-corrected chi connectivity index (χ2v) is 3.54. The maximum absolute atomic E-state index is 8.58. The van der Waals surface area contributed by atoms with Crippen molar-refractivity contribution < 1.29 is 9.47 Å². The molecule has 1 aromatic rings. The van der Waals surface area contributed by atoms with Gasteiger partial charge in [0, 0.05) is 24.8 Å². The molecule has 1 aliphatic rings. The zero-order valence-electron chi connectivity index (χ0n) is 8.35. The summed E-state index contributed by atoms with van der Waals surface area (Å²) >= 11 is 0. The normalized spacial score (nSPS) is 19.8. The zero-order chi connectivity index (χ0) is 10.5. The Morgan fingerprint density at radius 1 is 1.60 bits per heavy atom. The minimum absolute atomic E-state index is 0.474. The van der Waals surface area contributed by atoms with Crippen molar-refractivity contribution in [1.29, 1.82) is 5.26 Å². The fraction of sp³-hybridized carbons (Fsp3) is 0.455. The standard InChI is InChI=1S/C11H12N2O2/c12-5-9-1-2-11(13-6-9)15-8-10-3-4-14-7-10/h1-2,6,10H,3-4,7-8H2. The van der Waals surface area contributed by atoms with Crippen molar-refractivity contribution in [3.8, 4) is 11.9 Å². The van der Waals surface area contributed by atoms with E-state index in [1.54, 1.807) is 12.1 Å². The van der Waals surface area contributed by atoms with E-state index in [-0.39, 0.29) is 0 Å². The molecule has 1 atom stereocenters. The van der Waals surface area contributed by atoms with Gasteiger partial charge in [-0.1, -0.05) is 0 Å². The first-order chi connectivity index (χ1) is 7.38. The van der Waals surface area contributed by atoms with Crippen LogP contribution in [0.4, 0.5) is 0 Å². The second-order valence-electron chi connectivity index (χ2n) is 3.54. The summed E-state index contributed by atoms with van der Waals surface area (Å²) in [5.41, 5.74) is 0.548. The predicted molar refractivity (Wildman–Crippen MR) is 53.4 cm³/mol. The molecule has 0 radical (unpaired) electrons. The van der Waals surface area contributed by atoms with Crippen LogP contribution in [0.5, 0.6) is 5.88 Å². The van der Waals surface area contributed by atoms with Gasteiger partial charge in [-0.05, 0) is 12.5 Å². The molecule has 0 N–H and O–H groups in total. The van der Waals surface area contributed by atoms with E-state index in [0.29, 0.717) is 24.0 Å². The fourth-order valence-corrected chi connectivity index (χ4v) is 1.45. The summed E-state index contributed by atoms with van der Waals surface area (Å²) in [5.74, 6) is 1.04. The number of ether oxygens (including phenoxy) is 2. The first-order valence-electron chi connectivity index (χ1n) is 4.95. The number of rotatable bonds is 3. The van der Waals surface area contributed by atoms with Crippen molar-refractivity contribution in [3.63, 3.8) is 0 Å². The van der Waals surface area contributed by atoms with Crippen molar-refractivity contribution in [2.24, 2.45) is 5.92 Å². The lowest BCUT2D eigenvalue weighted by Crippen LogP contribution is -2.12. The lowest BCUT2D eigenvalue weighted by atomic mass is 10.1. The summed E-state index contributed by atoms with van der Waals surface area (Å²) in [5, 5.41) is 8.58. The number of hydrogen-bond acceptors (Lipinski definition) is 4. The third-order valence-corrected chi connectivity index (χ3v) is 2.36. The van der Waals surface area contributed by atoms with Crippen LogP contribution in [0.3, 0.4) is 0 Å². The van der Waals surface area contributed by atoms with Crippen LogP contribution in [0, 0.1) is 17.2 Å². The van der Waals surface area contributed by atoms with Gasteiger partial charge >= 0.3 is 0 Å².